The highest BCUT2D eigenvalue weighted by Crippen LogP contribution is 2.22. The number of sulfonamides is 1. The number of hydrogen-bond acceptors (Lipinski definition) is 3. The van der Waals surface area contributed by atoms with E-state index in [4.69, 9.17) is 23.2 Å². The van der Waals surface area contributed by atoms with Crippen LogP contribution < -0.4 is 4.72 Å². The molecule has 0 radical (unpaired) electrons. The first kappa shape index (κ1) is 20.7. The molecule has 140 valence electrons. The summed E-state index contributed by atoms with van der Waals surface area (Å²) < 4.78 is 25.7. The van der Waals surface area contributed by atoms with Crippen LogP contribution in [-0.2, 0) is 27.8 Å². The first-order valence-corrected chi connectivity index (χ1v) is 10.2. The quantitative estimate of drug-likeness (QED) is 0.753. The molecular formula is C18H20Cl2N2O3S. The Morgan fingerprint density at radius 3 is 2.35 bits per heavy atom. The Morgan fingerprint density at radius 2 is 1.77 bits per heavy atom. The normalized spacial score (nSPS) is 11.4. The van der Waals surface area contributed by atoms with Crippen LogP contribution in [0.1, 0.15) is 17.5 Å². The molecule has 2 aromatic rings. The van der Waals surface area contributed by atoms with Gasteiger partial charge in [-0.3, -0.25) is 4.79 Å². The van der Waals surface area contributed by atoms with Crippen LogP contribution in [-0.4, -0.2) is 33.3 Å². The molecule has 0 aliphatic carbocycles. The summed E-state index contributed by atoms with van der Waals surface area (Å²) in [5.74, 6) is -0.0251. The van der Waals surface area contributed by atoms with Crippen molar-refractivity contribution in [1.29, 1.82) is 0 Å². The summed E-state index contributed by atoms with van der Waals surface area (Å²) in [5, 5.41) is 1.08. The lowest BCUT2D eigenvalue weighted by molar-refractivity contribution is -0.130. The lowest BCUT2D eigenvalue weighted by Gasteiger charge is -2.18. The standard InChI is InChI=1S/C18H20Cl2N2O3S/c1-21-26(24,25)16-8-3-13(4-9-16)5-10-18(23)22(2)12-14-6-7-15(19)11-17(14)20/h3-4,6-9,11,21H,5,10,12H2,1-2H3. The van der Waals surface area contributed by atoms with Gasteiger partial charge in [0.2, 0.25) is 15.9 Å². The van der Waals surface area contributed by atoms with Gasteiger partial charge in [0.25, 0.3) is 0 Å². The number of benzene rings is 2. The maximum Gasteiger partial charge on any atom is 0.240 e. The molecule has 0 fully saturated rings. The second-order valence-corrected chi connectivity index (χ2v) is 8.57. The van der Waals surface area contributed by atoms with E-state index < -0.39 is 10.0 Å². The molecule has 0 aliphatic heterocycles. The van der Waals surface area contributed by atoms with Crippen LogP contribution in [0.5, 0.6) is 0 Å². The summed E-state index contributed by atoms with van der Waals surface area (Å²) in [4.78, 5) is 14.1. The number of carbonyl (C=O) groups is 1. The van der Waals surface area contributed by atoms with Gasteiger partial charge in [-0.05, 0) is 48.9 Å². The van der Waals surface area contributed by atoms with Crippen LogP contribution in [0.3, 0.4) is 0 Å². The Morgan fingerprint density at radius 1 is 1.12 bits per heavy atom. The lowest BCUT2D eigenvalue weighted by Crippen LogP contribution is -2.26. The lowest BCUT2D eigenvalue weighted by atomic mass is 10.1. The topological polar surface area (TPSA) is 66.5 Å². The van der Waals surface area contributed by atoms with E-state index in [-0.39, 0.29) is 10.8 Å². The highest BCUT2D eigenvalue weighted by atomic mass is 35.5. The van der Waals surface area contributed by atoms with Gasteiger partial charge < -0.3 is 4.90 Å². The number of rotatable bonds is 7. The van der Waals surface area contributed by atoms with Crippen molar-refractivity contribution in [2.24, 2.45) is 0 Å². The second-order valence-electron chi connectivity index (χ2n) is 5.84. The largest absolute Gasteiger partial charge is 0.341 e. The SMILES string of the molecule is CNS(=O)(=O)c1ccc(CCC(=O)N(C)Cc2ccc(Cl)cc2Cl)cc1. The van der Waals surface area contributed by atoms with Crippen molar-refractivity contribution >= 4 is 39.1 Å². The van der Waals surface area contributed by atoms with E-state index in [0.717, 1.165) is 11.1 Å². The molecule has 26 heavy (non-hydrogen) atoms. The summed E-state index contributed by atoms with van der Waals surface area (Å²) >= 11 is 12.0. The molecule has 0 aromatic heterocycles. The number of halogens is 2. The molecule has 8 heteroatoms. The number of aryl methyl sites for hydroxylation is 1. The molecule has 1 N–H and O–H groups in total. The molecule has 0 heterocycles. The molecule has 0 unspecified atom stereocenters. The van der Waals surface area contributed by atoms with Crippen molar-refractivity contribution in [3.05, 3.63) is 63.6 Å². The van der Waals surface area contributed by atoms with Gasteiger partial charge >= 0.3 is 0 Å². The van der Waals surface area contributed by atoms with E-state index in [1.54, 1.807) is 42.3 Å². The third-order valence-electron chi connectivity index (χ3n) is 3.98. The average Bonchev–Trinajstić information content (AvgIpc) is 2.62. The van der Waals surface area contributed by atoms with Crippen molar-refractivity contribution in [2.45, 2.75) is 24.3 Å². The van der Waals surface area contributed by atoms with Crippen molar-refractivity contribution in [2.75, 3.05) is 14.1 Å². The maximum absolute atomic E-state index is 12.3. The zero-order valence-corrected chi connectivity index (χ0v) is 16.8. The van der Waals surface area contributed by atoms with E-state index in [2.05, 4.69) is 4.72 Å². The van der Waals surface area contributed by atoms with Gasteiger partial charge in [0.05, 0.1) is 4.90 Å². The summed E-state index contributed by atoms with van der Waals surface area (Å²) in [6.45, 7) is 0.397. The molecule has 0 saturated heterocycles. The molecule has 0 bridgehead atoms. The highest BCUT2D eigenvalue weighted by molar-refractivity contribution is 7.89. The first-order chi connectivity index (χ1) is 12.2. The fourth-order valence-corrected chi connectivity index (χ4v) is 3.59. The minimum absolute atomic E-state index is 0.0251. The van der Waals surface area contributed by atoms with Crippen LogP contribution >= 0.6 is 23.2 Å². The Bertz CT molecular complexity index is 884. The molecule has 0 atom stereocenters. The second kappa shape index (κ2) is 8.86. The van der Waals surface area contributed by atoms with Gasteiger partial charge in [-0.25, -0.2) is 13.1 Å². The predicted octanol–water partition coefficient (Wildman–Crippen LogP) is 3.49. The first-order valence-electron chi connectivity index (χ1n) is 7.93. The molecule has 0 saturated carbocycles. The fourth-order valence-electron chi connectivity index (χ4n) is 2.39. The Hall–Kier alpha value is -1.60. The molecule has 2 rings (SSSR count). The fraction of sp³-hybridized carbons (Fsp3) is 0.278. The van der Waals surface area contributed by atoms with Crippen LogP contribution in [0.15, 0.2) is 47.4 Å². The van der Waals surface area contributed by atoms with Crippen molar-refractivity contribution < 1.29 is 13.2 Å². The van der Waals surface area contributed by atoms with Gasteiger partial charge in [0.15, 0.2) is 0 Å². The van der Waals surface area contributed by atoms with Crippen molar-refractivity contribution in [1.82, 2.24) is 9.62 Å². The van der Waals surface area contributed by atoms with Crippen molar-refractivity contribution in [3.8, 4) is 0 Å². The minimum atomic E-state index is -3.45. The number of nitrogens with one attached hydrogen (secondary N) is 1. The molecule has 0 aliphatic rings. The molecule has 5 nitrogen and oxygen atoms in total. The summed E-state index contributed by atoms with van der Waals surface area (Å²) in [6.07, 6.45) is 0.844. The number of carbonyl (C=O) groups excluding carboxylic acids is 1. The van der Waals surface area contributed by atoms with Crippen LogP contribution in [0.2, 0.25) is 10.0 Å². The van der Waals surface area contributed by atoms with Gasteiger partial charge in [-0.1, -0.05) is 41.4 Å². The van der Waals surface area contributed by atoms with Gasteiger partial charge in [0, 0.05) is 30.1 Å². The minimum Gasteiger partial charge on any atom is -0.341 e. The van der Waals surface area contributed by atoms with E-state index in [0.29, 0.717) is 29.4 Å². The van der Waals surface area contributed by atoms with Crippen LogP contribution in [0, 0.1) is 0 Å². The predicted molar refractivity (Wildman–Crippen MR) is 104 cm³/mol. The molecule has 1 amide bonds. The van der Waals surface area contributed by atoms with Gasteiger partial charge in [-0.15, -0.1) is 0 Å². The van der Waals surface area contributed by atoms with Crippen LogP contribution in [0.4, 0.5) is 0 Å². The smallest absolute Gasteiger partial charge is 0.240 e. The summed E-state index contributed by atoms with van der Waals surface area (Å²) in [7, 11) is -0.365. The third-order valence-corrected chi connectivity index (χ3v) is 6.00. The Kier molecular flexibility index (Phi) is 7.06. The number of nitrogens with zero attached hydrogens (tertiary/aromatic N) is 1. The molecular weight excluding hydrogens is 395 g/mol. The maximum atomic E-state index is 12.3. The van der Waals surface area contributed by atoms with E-state index in [1.807, 2.05) is 0 Å². The van der Waals surface area contributed by atoms with Gasteiger partial charge in [-0.2, -0.15) is 0 Å². The van der Waals surface area contributed by atoms with E-state index in [1.165, 1.54) is 19.2 Å². The number of amides is 1. The van der Waals surface area contributed by atoms with E-state index >= 15 is 0 Å². The van der Waals surface area contributed by atoms with E-state index in [9.17, 15) is 13.2 Å². The Labute approximate surface area is 164 Å². The summed E-state index contributed by atoms with van der Waals surface area (Å²) in [5.41, 5.74) is 1.72. The highest BCUT2D eigenvalue weighted by Gasteiger charge is 2.13. The third kappa shape index (κ3) is 5.45. The monoisotopic (exact) mass is 414 g/mol. The van der Waals surface area contributed by atoms with Crippen molar-refractivity contribution in [3.63, 3.8) is 0 Å². The zero-order valence-electron chi connectivity index (χ0n) is 14.5. The molecule has 0 spiro atoms. The average molecular weight is 415 g/mol. The van der Waals surface area contributed by atoms with Crippen LogP contribution in [0.25, 0.3) is 0 Å². The molecule has 2 aromatic carbocycles. The summed E-state index contributed by atoms with van der Waals surface area (Å²) in [6, 6.07) is 11.7. The van der Waals surface area contributed by atoms with Gasteiger partial charge in [0.1, 0.15) is 0 Å². The zero-order chi connectivity index (χ0) is 19.3. The number of hydrogen-bond donors (Lipinski definition) is 1. The Balaban J connectivity index is 1.93.